The van der Waals surface area contributed by atoms with E-state index in [1.807, 2.05) is 36.6 Å². The van der Waals surface area contributed by atoms with Crippen molar-refractivity contribution < 1.29 is 22.9 Å². The van der Waals surface area contributed by atoms with Gasteiger partial charge in [0.2, 0.25) is 5.91 Å². The maximum Gasteiger partial charge on any atom is 0.416 e. The minimum absolute atomic E-state index is 0.139. The standard InChI is InChI=1S/C24H23F3N4O3/c1-4-17-5-9-21(10-6-17)30-15(2)11-19(16(30)3)14-28-29-23(32)12-18-7-8-20(24(25,26)27)13-22(18)31(33)34/h5-11,13-14H,4,12H2,1-3H3,(H,29,32)/b28-14-. The Hall–Kier alpha value is -3.95. The van der Waals surface area contributed by atoms with Crippen LogP contribution in [0.25, 0.3) is 5.69 Å². The minimum Gasteiger partial charge on any atom is -0.318 e. The van der Waals surface area contributed by atoms with Crippen LogP contribution in [0.1, 0.15) is 40.6 Å². The number of nitrogens with one attached hydrogen (secondary N) is 1. The van der Waals surface area contributed by atoms with E-state index < -0.39 is 34.7 Å². The second-order valence-electron chi connectivity index (χ2n) is 7.75. The molecule has 0 unspecified atom stereocenters. The highest BCUT2D eigenvalue weighted by molar-refractivity contribution is 5.85. The number of aryl methyl sites for hydroxylation is 2. The number of benzene rings is 2. The average molecular weight is 472 g/mol. The average Bonchev–Trinajstić information content (AvgIpc) is 3.06. The third-order valence-corrected chi connectivity index (χ3v) is 5.43. The van der Waals surface area contributed by atoms with Gasteiger partial charge < -0.3 is 4.57 Å². The van der Waals surface area contributed by atoms with Gasteiger partial charge in [-0.05, 0) is 50.1 Å². The number of alkyl halides is 3. The van der Waals surface area contributed by atoms with Crippen molar-refractivity contribution in [2.24, 2.45) is 5.10 Å². The van der Waals surface area contributed by atoms with Gasteiger partial charge in [-0.3, -0.25) is 14.9 Å². The van der Waals surface area contributed by atoms with Gasteiger partial charge in [-0.25, -0.2) is 5.43 Å². The van der Waals surface area contributed by atoms with Gasteiger partial charge in [-0.2, -0.15) is 18.3 Å². The van der Waals surface area contributed by atoms with E-state index in [-0.39, 0.29) is 5.56 Å². The highest BCUT2D eigenvalue weighted by atomic mass is 19.4. The molecule has 3 rings (SSSR count). The van der Waals surface area contributed by atoms with Crippen molar-refractivity contribution >= 4 is 17.8 Å². The zero-order chi connectivity index (χ0) is 25.0. The molecule has 0 aliphatic heterocycles. The van der Waals surface area contributed by atoms with Crippen LogP contribution >= 0.6 is 0 Å². The molecule has 0 bridgehead atoms. The van der Waals surface area contributed by atoms with Crippen LogP contribution in [0.5, 0.6) is 0 Å². The lowest BCUT2D eigenvalue weighted by Gasteiger charge is -2.10. The third kappa shape index (κ3) is 5.51. The van der Waals surface area contributed by atoms with Gasteiger partial charge in [0, 0.05) is 34.3 Å². The van der Waals surface area contributed by atoms with Crippen LogP contribution in [0.2, 0.25) is 0 Å². The van der Waals surface area contributed by atoms with Gasteiger partial charge in [0.15, 0.2) is 0 Å². The summed E-state index contributed by atoms with van der Waals surface area (Å²) in [6, 6.07) is 12.1. The Morgan fingerprint density at radius 2 is 1.82 bits per heavy atom. The Labute approximate surface area is 194 Å². The molecule has 0 aliphatic carbocycles. The molecule has 0 spiro atoms. The molecule has 1 aromatic heterocycles. The van der Waals surface area contributed by atoms with Crippen molar-refractivity contribution in [2.75, 3.05) is 0 Å². The van der Waals surface area contributed by atoms with E-state index in [0.717, 1.165) is 35.1 Å². The summed E-state index contributed by atoms with van der Waals surface area (Å²) in [7, 11) is 0. The first-order valence-electron chi connectivity index (χ1n) is 10.5. The van der Waals surface area contributed by atoms with Gasteiger partial charge in [0.05, 0.1) is 23.1 Å². The fourth-order valence-corrected chi connectivity index (χ4v) is 3.64. The molecule has 2 aromatic carbocycles. The van der Waals surface area contributed by atoms with Crippen molar-refractivity contribution in [1.82, 2.24) is 9.99 Å². The lowest BCUT2D eigenvalue weighted by atomic mass is 10.1. The molecule has 0 saturated heterocycles. The van der Waals surface area contributed by atoms with Crippen molar-refractivity contribution in [1.29, 1.82) is 0 Å². The maximum atomic E-state index is 12.8. The van der Waals surface area contributed by atoms with E-state index in [1.165, 1.54) is 11.8 Å². The predicted molar refractivity (Wildman–Crippen MR) is 122 cm³/mol. The largest absolute Gasteiger partial charge is 0.416 e. The van der Waals surface area contributed by atoms with Crippen LogP contribution in [0.15, 0.2) is 53.6 Å². The Kier molecular flexibility index (Phi) is 7.19. The van der Waals surface area contributed by atoms with Gasteiger partial charge in [-0.1, -0.05) is 25.1 Å². The molecule has 1 N–H and O–H groups in total. The minimum atomic E-state index is -4.72. The second kappa shape index (κ2) is 9.90. The topological polar surface area (TPSA) is 89.5 Å². The molecule has 0 radical (unpaired) electrons. The summed E-state index contributed by atoms with van der Waals surface area (Å²) in [6.45, 7) is 5.94. The van der Waals surface area contributed by atoms with Crippen LogP contribution in [0, 0.1) is 24.0 Å². The lowest BCUT2D eigenvalue weighted by molar-refractivity contribution is -0.385. The normalized spacial score (nSPS) is 11.7. The maximum absolute atomic E-state index is 12.8. The van der Waals surface area contributed by atoms with Gasteiger partial charge in [0.1, 0.15) is 0 Å². The quantitative estimate of drug-likeness (QED) is 0.288. The zero-order valence-electron chi connectivity index (χ0n) is 18.8. The summed E-state index contributed by atoms with van der Waals surface area (Å²) >= 11 is 0. The molecule has 10 heteroatoms. The number of carbonyl (C=O) groups excluding carboxylic acids is 1. The summed E-state index contributed by atoms with van der Waals surface area (Å²) in [5.74, 6) is -0.692. The monoisotopic (exact) mass is 472 g/mol. The summed E-state index contributed by atoms with van der Waals surface area (Å²) < 4.78 is 40.6. The number of halogens is 3. The SMILES string of the molecule is CCc1ccc(-n2c(C)cc(/C=N\NC(=O)Cc3ccc(C(F)(F)F)cc3[N+](=O)[O-])c2C)cc1. The van der Waals surface area contributed by atoms with Crippen LogP contribution in [-0.4, -0.2) is 21.6 Å². The second-order valence-corrected chi connectivity index (χ2v) is 7.75. The summed E-state index contributed by atoms with van der Waals surface area (Å²) in [5.41, 5.74) is 5.06. The highest BCUT2D eigenvalue weighted by Crippen LogP contribution is 2.33. The molecule has 0 saturated carbocycles. The summed E-state index contributed by atoms with van der Waals surface area (Å²) in [4.78, 5) is 22.5. The van der Waals surface area contributed by atoms with Crippen LogP contribution in [0.4, 0.5) is 18.9 Å². The fourth-order valence-electron chi connectivity index (χ4n) is 3.64. The number of amides is 1. The number of hydrazone groups is 1. The van der Waals surface area contributed by atoms with E-state index >= 15 is 0 Å². The predicted octanol–water partition coefficient (Wildman–Crippen LogP) is 5.28. The lowest BCUT2D eigenvalue weighted by Crippen LogP contribution is -2.20. The number of nitro benzene ring substituents is 1. The summed E-state index contributed by atoms with van der Waals surface area (Å²) in [5, 5.41) is 15.1. The number of rotatable bonds is 7. The molecular formula is C24H23F3N4O3. The van der Waals surface area contributed by atoms with Crippen molar-refractivity contribution in [3.63, 3.8) is 0 Å². The molecule has 34 heavy (non-hydrogen) atoms. The molecule has 1 heterocycles. The number of nitrogens with zero attached hydrogens (tertiary/aromatic N) is 3. The first kappa shape index (κ1) is 24.7. The molecule has 1 amide bonds. The molecule has 3 aromatic rings. The van der Waals surface area contributed by atoms with Crippen molar-refractivity contribution in [3.8, 4) is 5.69 Å². The van der Waals surface area contributed by atoms with Gasteiger partial charge >= 0.3 is 6.18 Å². The van der Waals surface area contributed by atoms with Gasteiger partial charge in [0.25, 0.3) is 5.69 Å². The number of carbonyl (C=O) groups is 1. The van der Waals surface area contributed by atoms with E-state index in [9.17, 15) is 28.1 Å². The molecule has 7 nitrogen and oxygen atoms in total. The Morgan fingerprint density at radius 1 is 1.15 bits per heavy atom. The first-order chi connectivity index (χ1) is 16.0. The van der Waals surface area contributed by atoms with Crippen LogP contribution in [0.3, 0.4) is 0 Å². The third-order valence-electron chi connectivity index (χ3n) is 5.43. The fraction of sp³-hybridized carbons (Fsp3) is 0.250. The summed E-state index contributed by atoms with van der Waals surface area (Å²) in [6.07, 6.45) is -2.82. The highest BCUT2D eigenvalue weighted by Gasteiger charge is 2.33. The molecule has 178 valence electrons. The van der Waals surface area contributed by atoms with Crippen LogP contribution < -0.4 is 5.43 Å². The number of nitro groups is 1. The number of hydrogen-bond acceptors (Lipinski definition) is 4. The Morgan fingerprint density at radius 3 is 2.41 bits per heavy atom. The molecule has 0 aliphatic rings. The van der Waals surface area contributed by atoms with E-state index in [2.05, 4.69) is 29.6 Å². The first-order valence-corrected chi connectivity index (χ1v) is 10.5. The Bertz CT molecular complexity index is 1250. The molecular weight excluding hydrogens is 449 g/mol. The Balaban J connectivity index is 1.73. The van der Waals surface area contributed by atoms with E-state index in [1.54, 1.807) is 0 Å². The van der Waals surface area contributed by atoms with E-state index in [0.29, 0.717) is 12.1 Å². The van der Waals surface area contributed by atoms with E-state index in [4.69, 9.17) is 0 Å². The van der Waals surface area contributed by atoms with Crippen molar-refractivity contribution in [2.45, 2.75) is 39.8 Å². The molecule has 0 fully saturated rings. The van der Waals surface area contributed by atoms with Crippen LogP contribution in [-0.2, 0) is 23.8 Å². The smallest absolute Gasteiger partial charge is 0.318 e. The van der Waals surface area contributed by atoms with Gasteiger partial charge in [-0.15, -0.1) is 0 Å². The zero-order valence-corrected chi connectivity index (χ0v) is 18.8. The van der Waals surface area contributed by atoms with Crippen molar-refractivity contribution in [3.05, 3.63) is 92.3 Å². The molecule has 0 atom stereocenters. The number of aromatic nitrogens is 1. The number of hydrogen-bond donors (Lipinski definition) is 1.